The third kappa shape index (κ3) is 7.88. The first-order valence-electron chi connectivity index (χ1n) is 9.04. The Morgan fingerprint density at radius 2 is 1.84 bits per heavy atom. The fraction of sp³-hybridized carbons (Fsp3) is 0.650. The predicted molar refractivity (Wildman–Crippen MR) is 105 cm³/mol. The summed E-state index contributed by atoms with van der Waals surface area (Å²) in [5.41, 5.74) is 2.51. The summed E-state index contributed by atoms with van der Waals surface area (Å²) >= 11 is 0. The van der Waals surface area contributed by atoms with Crippen LogP contribution in [0.15, 0.2) is 29.3 Å². The molecule has 0 radical (unpaired) electrons. The van der Waals surface area contributed by atoms with Gasteiger partial charge in [-0.25, -0.2) is 0 Å². The smallest absolute Gasteiger partial charge is 0.191 e. The van der Waals surface area contributed by atoms with Crippen LogP contribution in [0.25, 0.3) is 0 Å². The molecule has 0 aliphatic carbocycles. The molecule has 1 atom stereocenters. The molecule has 0 bridgehead atoms. The third-order valence-corrected chi connectivity index (χ3v) is 4.10. The van der Waals surface area contributed by atoms with Crippen LogP contribution >= 0.6 is 0 Å². The molecule has 1 aromatic carbocycles. The summed E-state index contributed by atoms with van der Waals surface area (Å²) in [6.07, 6.45) is 1.14. The lowest BCUT2D eigenvalue weighted by Crippen LogP contribution is -2.45. The molecular weight excluding hydrogens is 314 g/mol. The molecule has 0 heterocycles. The standard InChI is InChI=1S/C20H35N3O2/c1-7-12-25-15-17-11-9-8-10-16(17)13-22-19(21-5)23-14-18(24-6)20(2,3)4/h8-11,18H,7,12-15H2,1-6H3,(H2,21,22,23). The molecular formula is C20H35N3O2. The van der Waals surface area contributed by atoms with E-state index in [0.717, 1.165) is 19.0 Å². The van der Waals surface area contributed by atoms with Gasteiger partial charge >= 0.3 is 0 Å². The van der Waals surface area contributed by atoms with Crippen molar-refractivity contribution in [1.29, 1.82) is 0 Å². The lowest BCUT2D eigenvalue weighted by Gasteiger charge is -2.30. The van der Waals surface area contributed by atoms with Crippen LogP contribution in [-0.4, -0.2) is 39.4 Å². The number of benzene rings is 1. The Morgan fingerprint density at radius 3 is 2.40 bits per heavy atom. The van der Waals surface area contributed by atoms with Crippen molar-refractivity contribution in [3.63, 3.8) is 0 Å². The van der Waals surface area contributed by atoms with Crippen molar-refractivity contribution >= 4 is 5.96 Å². The zero-order valence-corrected chi connectivity index (χ0v) is 16.7. The Hall–Kier alpha value is -1.59. The number of nitrogens with one attached hydrogen (secondary N) is 2. The first kappa shape index (κ1) is 21.5. The highest BCUT2D eigenvalue weighted by atomic mass is 16.5. The van der Waals surface area contributed by atoms with Crippen LogP contribution in [0.2, 0.25) is 0 Å². The summed E-state index contributed by atoms with van der Waals surface area (Å²) in [7, 11) is 3.53. The largest absolute Gasteiger partial charge is 0.379 e. The number of ether oxygens (including phenoxy) is 2. The van der Waals surface area contributed by atoms with Crippen molar-refractivity contribution in [3.8, 4) is 0 Å². The number of methoxy groups -OCH3 is 1. The van der Waals surface area contributed by atoms with Crippen LogP contribution in [0.5, 0.6) is 0 Å². The number of hydrogen-bond donors (Lipinski definition) is 2. The summed E-state index contributed by atoms with van der Waals surface area (Å²) in [6, 6.07) is 8.34. The molecule has 1 aromatic rings. The number of nitrogens with zero attached hydrogens (tertiary/aromatic N) is 1. The minimum Gasteiger partial charge on any atom is -0.379 e. The predicted octanol–water partition coefficient (Wildman–Crippen LogP) is 3.34. The Bertz CT molecular complexity index is 524. The van der Waals surface area contributed by atoms with Crippen LogP contribution in [0.4, 0.5) is 0 Å². The fourth-order valence-corrected chi connectivity index (χ4v) is 2.53. The molecule has 0 aliphatic heterocycles. The van der Waals surface area contributed by atoms with E-state index >= 15 is 0 Å². The first-order chi connectivity index (χ1) is 11.9. The van der Waals surface area contributed by atoms with Crippen molar-refractivity contribution in [2.45, 2.75) is 53.4 Å². The zero-order chi connectivity index (χ0) is 18.7. The second kappa shape index (κ2) is 11.1. The van der Waals surface area contributed by atoms with Crippen molar-refractivity contribution in [3.05, 3.63) is 35.4 Å². The highest BCUT2D eigenvalue weighted by Crippen LogP contribution is 2.20. The molecule has 5 heteroatoms. The Labute approximate surface area is 153 Å². The maximum Gasteiger partial charge on any atom is 0.191 e. The molecule has 1 unspecified atom stereocenters. The van der Waals surface area contributed by atoms with E-state index in [4.69, 9.17) is 9.47 Å². The molecule has 25 heavy (non-hydrogen) atoms. The van der Waals surface area contributed by atoms with E-state index in [1.165, 1.54) is 11.1 Å². The van der Waals surface area contributed by atoms with Gasteiger partial charge in [0.25, 0.3) is 0 Å². The van der Waals surface area contributed by atoms with E-state index in [2.05, 4.69) is 61.5 Å². The van der Waals surface area contributed by atoms with Crippen LogP contribution in [0, 0.1) is 5.41 Å². The van der Waals surface area contributed by atoms with E-state index in [-0.39, 0.29) is 11.5 Å². The Balaban J connectivity index is 2.57. The van der Waals surface area contributed by atoms with Gasteiger partial charge < -0.3 is 20.1 Å². The number of hydrogen-bond acceptors (Lipinski definition) is 3. The maximum absolute atomic E-state index is 5.68. The van der Waals surface area contributed by atoms with Gasteiger partial charge in [0.15, 0.2) is 5.96 Å². The molecule has 0 aromatic heterocycles. The van der Waals surface area contributed by atoms with Crippen LogP contribution in [0.1, 0.15) is 45.2 Å². The van der Waals surface area contributed by atoms with E-state index in [0.29, 0.717) is 19.7 Å². The Morgan fingerprint density at radius 1 is 1.16 bits per heavy atom. The third-order valence-electron chi connectivity index (χ3n) is 4.10. The summed E-state index contributed by atoms with van der Waals surface area (Å²) in [5.74, 6) is 0.774. The molecule has 2 N–H and O–H groups in total. The van der Waals surface area contributed by atoms with Gasteiger partial charge in [0.05, 0.1) is 12.7 Å². The lowest BCUT2D eigenvalue weighted by atomic mass is 9.89. The van der Waals surface area contributed by atoms with Gasteiger partial charge in [-0.15, -0.1) is 0 Å². The normalized spacial score (nSPS) is 13.6. The van der Waals surface area contributed by atoms with Gasteiger partial charge in [-0.05, 0) is 23.0 Å². The summed E-state index contributed by atoms with van der Waals surface area (Å²) < 4.78 is 11.3. The van der Waals surface area contributed by atoms with Crippen molar-refractivity contribution < 1.29 is 9.47 Å². The van der Waals surface area contributed by atoms with Crippen molar-refractivity contribution in [1.82, 2.24) is 10.6 Å². The molecule has 0 saturated carbocycles. The highest BCUT2D eigenvalue weighted by Gasteiger charge is 2.24. The molecule has 0 fully saturated rings. The van der Waals surface area contributed by atoms with Crippen LogP contribution in [0.3, 0.4) is 0 Å². The second-order valence-electron chi connectivity index (χ2n) is 7.22. The molecule has 142 valence electrons. The van der Waals surface area contributed by atoms with Crippen LogP contribution in [-0.2, 0) is 22.6 Å². The minimum atomic E-state index is 0.0732. The van der Waals surface area contributed by atoms with Crippen molar-refractivity contribution in [2.75, 3.05) is 27.3 Å². The van der Waals surface area contributed by atoms with E-state index in [9.17, 15) is 0 Å². The second-order valence-corrected chi connectivity index (χ2v) is 7.22. The Kier molecular flexibility index (Phi) is 9.53. The summed E-state index contributed by atoms with van der Waals surface area (Å²) in [4.78, 5) is 4.30. The van der Waals surface area contributed by atoms with E-state index in [1.54, 1.807) is 14.2 Å². The van der Waals surface area contributed by atoms with Gasteiger partial charge in [-0.2, -0.15) is 0 Å². The average Bonchev–Trinajstić information content (AvgIpc) is 2.58. The van der Waals surface area contributed by atoms with Crippen molar-refractivity contribution in [2.24, 2.45) is 10.4 Å². The first-order valence-corrected chi connectivity index (χ1v) is 9.04. The highest BCUT2D eigenvalue weighted by molar-refractivity contribution is 5.79. The van der Waals surface area contributed by atoms with Gasteiger partial charge in [-0.3, -0.25) is 4.99 Å². The van der Waals surface area contributed by atoms with Crippen LogP contribution < -0.4 is 10.6 Å². The lowest BCUT2D eigenvalue weighted by molar-refractivity contribution is 0.0205. The molecule has 0 aliphatic rings. The van der Waals surface area contributed by atoms with E-state index < -0.39 is 0 Å². The molecule has 1 rings (SSSR count). The summed E-state index contributed by atoms with van der Waals surface area (Å²) in [5, 5.41) is 6.73. The monoisotopic (exact) mass is 349 g/mol. The molecule has 5 nitrogen and oxygen atoms in total. The molecule has 0 saturated heterocycles. The molecule has 0 amide bonds. The average molecular weight is 350 g/mol. The molecule has 0 spiro atoms. The summed E-state index contributed by atoms with van der Waals surface area (Å²) in [6.45, 7) is 11.5. The quantitative estimate of drug-likeness (QED) is 0.408. The van der Waals surface area contributed by atoms with Gasteiger partial charge in [-0.1, -0.05) is 52.0 Å². The zero-order valence-electron chi connectivity index (χ0n) is 16.7. The topological polar surface area (TPSA) is 54.9 Å². The number of rotatable bonds is 9. The minimum absolute atomic E-state index is 0.0732. The van der Waals surface area contributed by atoms with E-state index in [1.807, 2.05) is 6.07 Å². The number of guanidine groups is 1. The van der Waals surface area contributed by atoms with Gasteiger partial charge in [0.1, 0.15) is 0 Å². The SMILES string of the molecule is CCCOCc1ccccc1CNC(=NC)NCC(OC)C(C)(C)C. The van der Waals surface area contributed by atoms with Gasteiger partial charge in [0, 0.05) is 33.9 Å². The van der Waals surface area contributed by atoms with Gasteiger partial charge in [0.2, 0.25) is 0 Å². The fourth-order valence-electron chi connectivity index (χ4n) is 2.53. The number of aliphatic imine (C=N–C) groups is 1. The maximum atomic E-state index is 5.68.